The molecule has 0 N–H and O–H groups in total. The fourth-order valence-corrected chi connectivity index (χ4v) is 2.38. The lowest BCUT2D eigenvalue weighted by molar-refractivity contribution is 0.0342. The third kappa shape index (κ3) is 3.22. The Bertz CT molecular complexity index is 501. The Labute approximate surface area is 114 Å². The SMILES string of the molecule is [c]1ccccc1-c1ccc(CN2CCOCC2)cc1. The van der Waals surface area contributed by atoms with Gasteiger partial charge in [0.2, 0.25) is 0 Å². The smallest absolute Gasteiger partial charge is 0.0594 e. The summed E-state index contributed by atoms with van der Waals surface area (Å²) in [7, 11) is 0. The second kappa shape index (κ2) is 6.00. The predicted octanol–water partition coefficient (Wildman–Crippen LogP) is 2.99. The number of benzene rings is 2. The van der Waals surface area contributed by atoms with Crippen LogP contribution in [0.15, 0.2) is 48.5 Å². The van der Waals surface area contributed by atoms with Gasteiger partial charge in [-0.25, -0.2) is 0 Å². The van der Waals surface area contributed by atoms with Crippen LogP contribution in [0.5, 0.6) is 0 Å². The molecule has 1 fully saturated rings. The molecule has 0 aliphatic carbocycles. The number of ether oxygens (including phenoxy) is 1. The van der Waals surface area contributed by atoms with Gasteiger partial charge in [0.15, 0.2) is 0 Å². The van der Waals surface area contributed by atoms with Crippen molar-refractivity contribution in [3.8, 4) is 11.1 Å². The number of rotatable bonds is 3. The van der Waals surface area contributed by atoms with E-state index in [0.29, 0.717) is 0 Å². The van der Waals surface area contributed by atoms with E-state index in [4.69, 9.17) is 4.74 Å². The molecular weight excluding hydrogens is 234 g/mol. The van der Waals surface area contributed by atoms with Crippen LogP contribution in [-0.4, -0.2) is 31.2 Å². The van der Waals surface area contributed by atoms with E-state index in [0.717, 1.165) is 38.4 Å². The Hall–Kier alpha value is -1.64. The van der Waals surface area contributed by atoms with Gasteiger partial charge < -0.3 is 4.74 Å². The van der Waals surface area contributed by atoms with E-state index in [9.17, 15) is 0 Å². The number of morpholine rings is 1. The van der Waals surface area contributed by atoms with Crippen molar-refractivity contribution >= 4 is 0 Å². The first-order valence-electron chi connectivity index (χ1n) is 6.78. The second-order valence-electron chi connectivity index (χ2n) is 4.86. The Morgan fingerprint density at radius 1 is 1.00 bits per heavy atom. The van der Waals surface area contributed by atoms with Gasteiger partial charge >= 0.3 is 0 Å². The van der Waals surface area contributed by atoms with Crippen LogP contribution >= 0.6 is 0 Å². The average molecular weight is 252 g/mol. The van der Waals surface area contributed by atoms with Crippen molar-refractivity contribution in [3.63, 3.8) is 0 Å². The molecule has 1 heterocycles. The second-order valence-corrected chi connectivity index (χ2v) is 4.86. The zero-order chi connectivity index (χ0) is 12.9. The molecule has 1 radical (unpaired) electrons. The minimum Gasteiger partial charge on any atom is -0.379 e. The third-order valence-electron chi connectivity index (χ3n) is 3.48. The molecule has 0 amide bonds. The van der Waals surface area contributed by atoms with Gasteiger partial charge in [0, 0.05) is 19.6 Å². The summed E-state index contributed by atoms with van der Waals surface area (Å²) in [6.07, 6.45) is 0. The summed E-state index contributed by atoms with van der Waals surface area (Å²) < 4.78 is 5.37. The fourth-order valence-electron chi connectivity index (χ4n) is 2.38. The van der Waals surface area contributed by atoms with E-state index >= 15 is 0 Å². The van der Waals surface area contributed by atoms with Gasteiger partial charge in [-0.05, 0) is 22.8 Å². The minimum atomic E-state index is 0.858. The molecule has 0 unspecified atom stereocenters. The van der Waals surface area contributed by atoms with E-state index in [1.165, 1.54) is 11.1 Å². The lowest BCUT2D eigenvalue weighted by atomic mass is 10.0. The van der Waals surface area contributed by atoms with E-state index in [2.05, 4.69) is 41.3 Å². The van der Waals surface area contributed by atoms with Gasteiger partial charge in [-0.2, -0.15) is 0 Å². The molecule has 0 bridgehead atoms. The van der Waals surface area contributed by atoms with Crippen molar-refractivity contribution in [2.45, 2.75) is 6.54 Å². The highest BCUT2D eigenvalue weighted by atomic mass is 16.5. The molecule has 97 valence electrons. The fraction of sp³-hybridized carbons (Fsp3) is 0.294. The Balaban J connectivity index is 1.68. The molecule has 0 spiro atoms. The van der Waals surface area contributed by atoms with Crippen LogP contribution in [0.25, 0.3) is 11.1 Å². The molecule has 2 aromatic carbocycles. The summed E-state index contributed by atoms with van der Waals surface area (Å²) >= 11 is 0. The van der Waals surface area contributed by atoms with E-state index in [-0.39, 0.29) is 0 Å². The number of hydrogen-bond donors (Lipinski definition) is 0. The summed E-state index contributed by atoms with van der Waals surface area (Å²) in [5, 5.41) is 0. The van der Waals surface area contributed by atoms with Crippen molar-refractivity contribution in [2.75, 3.05) is 26.3 Å². The first-order chi connectivity index (χ1) is 9.42. The van der Waals surface area contributed by atoms with Crippen LogP contribution in [0.3, 0.4) is 0 Å². The zero-order valence-corrected chi connectivity index (χ0v) is 11.0. The molecule has 1 saturated heterocycles. The maximum atomic E-state index is 5.37. The first kappa shape index (κ1) is 12.4. The lowest BCUT2D eigenvalue weighted by Crippen LogP contribution is -2.35. The quantitative estimate of drug-likeness (QED) is 0.832. The molecule has 2 nitrogen and oxygen atoms in total. The van der Waals surface area contributed by atoms with Gasteiger partial charge in [0.25, 0.3) is 0 Å². The number of nitrogens with zero attached hydrogens (tertiary/aromatic N) is 1. The van der Waals surface area contributed by atoms with E-state index < -0.39 is 0 Å². The molecule has 19 heavy (non-hydrogen) atoms. The van der Waals surface area contributed by atoms with Crippen LogP contribution in [0.1, 0.15) is 5.56 Å². The normalized spacial score (nSPS) is 16.4. The standard InChI is InChI=1S/C17H18NO/c1-2-4-16(5-3-1)17-8-6-15(7-9-17)14-18-10-12-19-13-11-18/h1-4,6-9H,10-14H2. The predicted molar refractivity (Wildman–Crippen MR) is 76.8 cm³/mol. The molecule has 0 atom stereocenters. The largest absolute Gasteiger partial charge is 0.379 e. The van der Waals surface area contributed by atoms with Crippen LogP contribution in [0.4, 0.5) is 0 Å². The van der Waals surface area contributed by atoms with Gasteiger partial charge in [-0.1, -0.05) is 48.5 Å². The average Bonchev–Trinajstić information content (AvgIpc) is 2.50. The third-order valence-corrected chi connectivity index (χ3v) is 3.48. The van der Waals surface area contributed by atoms with Crippen molar-refractivity contribution in [1.29, 1.82) is 0 Å². The van der Waals surface area contributed by atoms with Crippen LogP contribution in [0, 0.1) is 6.07 Å². The summed E-state index contributed by atoms with van der Waals surface area (Å²) in [6.45, 7) is 4.80. The van der Waals surface area contributed by atoms with Gasteiger partial charge in [0.05, 0.1) is 13.2 Å². The Kier molecular flexibility index (Phi) is 3.92. The number of hydrogen-bond acceptors (Lipinski definition) is 2. The summed E-state index contributed by atoms with van der Waals surface area (Å²) in [4.78, 5) is 2.44. The highest BCUT2D eigenvalue weighted by molar-refractivity contribution is 5.62. The minimum absolute atomic E-state index is 0.858. The first-order valence-corrected chi connectivity index (χ1v) is 6.78. The summed E-state index contributed by atoms with van der Waals surface area (Å²) in [5.74, 6) is 0. The summed E-state index contributed by atoms with van der Waals surface area (Å²) in [6, 6.07) is 20.1. The molecule has 0 saturated carbocycles. The van der Waals surface area contributed by atoms with Crippen molar-refractivity contribution in [1.82, 2.24) is 4.90 Å². The topological polar surface area (TPSA) is 12.5 Å². The van der Waals surface area contributed by atoms with Crippen molar-refractivity contribution in [3.05, 3.63) is 60.2 Å². The van der Waals surface area contributed by atoms with Crippen molar-refractivity contribution < 1.29 is 4.74 Å². The molecular formula is C17H18NO. The maximum absolute atomic E-state index is 5.37. The van der Waals surface area contributed by atoms with Gasteiger partial charge in [0.1, 0.15) is 0 Å². The van der Waals surface area contributed by atoms with Gasteiger partial charge in [-0.3, -0.25) is 4.90 Å². The molecule has 0 aromatic heterocycles. The molecule has 1 aliphatic rings. The Morgan fingerprint density at radius 2 is 1.79 bits per heavy atom. The summed E-state index contributed by atoms with van der Waals surface area (Å²) in [5.41, 5.74) is 3.74. The zero-order valence-electron chi connectivity index (χ0n) is 11.0. The van der Waals surface area contributed by atoms with E-state index in [1.807, 2.05) is 18.2 Å². The van der Waals surface area contributed by atoms with E-state index in [1.54, 1.807) is 0 Å². The monoisotopic (exact) mass is 252 g/mol. The van der Waals surface area contributed by atoms with Crippen molar-refractivity contribution in [2.24, 2.45) is 0 Å². The maximum Gasteiger partial charge on any atom is 0.0594 e. The van der Waals surface area contributed by atoms with Crippen LogP contribution in [-0.2, 0) is 11.3 Å². The van der Waals surface area contributed by atoms with Crippen LogP contribution in [0.2, 0.25) is 0 Å². The highest BCUT2D eigenvalue weighted by Gasteiger charge is 2.10. The molecule has 2 heteroatoms. The highest BCUT2D eigenvalue weighted by Crippen LogP contribution is 2.19. The van der Waals surface area contributed by atoms with Gasteiger partial charge in [-0.15, -0.1) is 0 Å². The molecule has 2 aromatic rings. The molecule has 1 aliphatic heterocycles. The van der Waals surface area contributed by atoms with Crippen LogP contribution < -0.4 is 0 Å². The lowest BCUT2D eigenvalue weighted by Gasteiger charge is -2.26. The Morgan fingerprint density at radius 3 is 2.47 bits per heavy atom. The molecule has 3 rings (SSSR count).